The van der Waals surface area contributed by atoms with Gasteiger partial charge in [0.05, 0.1) is 23.7 Å². The summed E-state index contributed by atoms with van der Waals surface area (Å²) in [5.41, 5.74) is 1.31. The average Bonchev–Trinajstić information content (AvgIpc) is 2.86. The van der Waals surface area contributed by atoms with Crippen LogP contribution in [-0.4, -0.2) is 29.3 Å². The van der Waals surface area contributed by atoms with Crippen LogP contribution in [0.4, 0.5) is 4.79 Å². The molecule has 24 heavy (non-hydrogen) atoms. The number of aromatic nitrogens is 1. The van der Waals surface area contributed by atoms with E-state index in [1.807, 2.05) is 45.0 Å². The summed E-state index contributed by atoms with van der Waals surface area (Å²) >= 11 is 0. The van der Waals surface area contributed by atoms with Crippen LogP contribution in [0.1, 0.15) is 31.1 Å². The number of benzene rings is 2. The van der Waals surface area contributed by atoms with Gasteiger partial charge >= 0.3 is 12.1 Å². The summed E-state index contributed by atoms with van der Waals surface area (Å²) in [6.07, 6.45) is -0.466. The number of hydrogen-bond acceptors (Lipinski definition) is 4. The van der Waals surface area contributed by atoms with Crippen LogP contribution in [0.5, 0.6) is 0 Å². The number of methoxy groups -OCH3 is 1. The summed E-state index contributed by atoms with van der Waals surface area (Å²) < 4.78 is 11.8. The third-order valence-electron chi connectivity index (χ3n) is 3.66. The largest absolute Gasteiger partial charge is 0.456 e. The van der Waals surface area contributed by atoms with Gasteiger partial charge in [-0.05, 0) is 45.0 Å². The maximum atomic E-state index is 12.3. The van der Waals surface area contributed by atoms with Gasteiger partial charge in [0.2, 0.25) is 0 Å². The molecule has 0 unspecified atom stereocenters. The zero-order valence-corrected chi connectivity index (χ0v) is 14.1. The number of hydrogen-bond donors (Lipinski definition) is 0. The molecular formula is C19H19NO4. The molecule has 0 fully saturated rings. The molecule has 5 nitrogen and oxygen atoms in total. The molecule has 5 heteroatoms. The van der Waals surface area contributed by atoms with Gasteiger partial charge in [0.15, 0.2) is 0 Å². The van der Waals surface area contributed by atoms with Gasteiger partial charge in [-0.3, -0.25) is 0 Å². The summed E-state index contributed by atoms with van der Waals surface area (Å²) in [4.78, 5) is 24.5. The number of fused-ring (bicyclic) bond motifs is 3. The topological polar surface area (TPSA) is 57.5 Å². The van der Waals surface area contributed by atoms with Crippen LogP contribution >= 0.6 is 0 Å². The maximum Gasteiger partial charge on any atom is 0.418 e. The van der Waals surface area contributed by atoms with E-state index in [0.717, 1.165) is 16.3 Å². The Labute approximate surface area is 139 Å². The maximum absolute atomic E-state index is 12.3. The van der Waals surface area contributed by atoms with Gasteiger partial charge in [-0.15, -0.1) is 0 Å². The molecule has 0 aliphatic rings. The van der Waals surface area contributed by atoms with E-state index < -0.39 is 11.7 Å². The molecule has 1 aromatic heterocycles. The van der Waals surface area contributed by atoms with Crippen molar-refractivity contribution in [3.05, 3.63) is 48.0 Å². The van der Waals surface area contributed by atoms with E-state index in [9.17, 15) is 9.59 Å². The average molecular weight is 325 g/mol. The Morgan fingerprint density at radius 1 is 0.958 bits per heavy atom. The van der Waals surface area contributed by atoms with Crippen LogP contribution in [0, 0.1) is 0 Å². The molecule has 0 atom stereocenters. The third-order valence-corrected chi connectivity index (χ3v) is 3.66. The lowest BCUT2D eigenvalue weighted by Crippen LogP contribution is -2.23. The van der Waals surface area contributed by atoms with Crippen LogP contribution in [0.25, 0.3) is 21.8 Å². The molecule has 3 aromatic rings. The van der Waals surface area contributed by atoms with Crippen molar-refractivity contribution in [2.45, 2.75) is 26.4 Å². The predicted octanol–water partition coefficient (Wildman–Crippen LogP) is 4.36. The fourth-order valence-corrected chi connectivity index (χ4v) is 2.72. The zero-order chi connectivity index (χ0) is 17.5. The minimum Gasteiger partial charge on any atom is -0.456 e. The summed E-state index contributed by atoms with van der Waals surface area (Å²) in [7, 11) is 1.35. The first-order chi connectivity index (χ1) is 11.3. The van der Waals surface area contributed by atoms with Crippen LogP contribution < -0.4 is 0 Å². The molecule has 0 aliphatic carbocycles. The lowest BCUT2D eigenvalue weighted by atomic mass is 10.1. The van der Waals surface area contributed by atoms with Crippen molar-refractivity contribution < 1.29 is 19.1 Å². The summed E-state index contributed by atoms with van der Waals surface area (Å²) in [5.74, 6) is -0.390. The Morgan fingerprint density at radius 2 is 1.62 bits per heavy atom. The fourth-order valence-electron chi connectivity index (χ4n) is 2.72. The second-order valence-corrected chi connectivity index (χ2v) is 6.56. The minimum atomic E-state index is -0.563. The van der Waals surface area contributed by atoms with Crippen LogP contribution in [0.2, 0.25) is 0 Å². The Balaban J connectivity index is 2.22. The van der Waals surface area contributed by atoms with E-state index in [1.54, 1.807) is 18.2 Å². The van der Waals surface area contributed by atoms with E-state index >= 15 is 0 Å². The number of nitrogens with zero attached hydrogens (tertiary/aromatic N) is 1. The molecule has 3 rings (SSSR count). The van der Waals surface area contributed by atoms with Crippen molar-refractivity contribution >= 4 is 33.9 Å². The summed E-state index contributed by atoms with van der Waals surface area (Å²) in [6, 6.07) is 12.7. The first-order valence-electron chi connectivity index (χ1n) is 7.67. The molecule has 0 saturated carbocycles. The number of carbonyl (C=O) groups is 2. The van der Waals surface area contributed by atoms with E-state index in [4.69, 9.17) is 9.47 Å². The van der Waals surface area contributed by atoms with Crippen LogP contribution in [0.3, 0.4) is 0 Å². The molecule has 124 valence electrons. The van der Waals surface area contributed by atoms with Crippen molar-refractivity contribution in [2.75, 3.05) is 7.11 Å². The van der Waals surface area contributed by atoms with Crippen molar-refractivity contribution in [3.8, 4) is 0 Å². The van der Waals surface area contributed by atoms with Crippen molar-refractivity contribution in [2.24, 2.45) is 0 Å². The standard InChI is InChI=1S/C19H19NO4/c1-19(2,3)24-17(21)12-9-10-16-14(11-12)13-7-5-6-8-15(13)20(16)18(22)23-4/h5-11H,1-4H3. The Kier molecular flexibility index (Phi) is 3.79. The van der Waals surface area contributed by atoms with Gasteiger partial charge in [0.25, 0.3) is 0 Å². The molecule has 0 saturated heterocycles. The number of carbonyl (C=O) groups excluding carboxylic acids is 2. The highest BCUT2D eigenvalue weighted by Crippen LogP contribution is 2.30. The molecular weight excluding hydrogens is 306 g/mol. The van der Waals surface area contributed by atoms with Gasteiger partial charge in [-0.25, -0.2) is 14.2 Å². The summed E-state index contributed by atoms with van der Waals surface area (Å²) in [5, 5.41) is 1.68. The first kappa shape index (κ1) is 16.1. The highest BCUT2D eigenvalue weighted by Gasteiger charge is 2.21. The molecule has 2 aromatic carbocycles. The molecule has 0 N–H and O–H groups in total. The minimum absolute atomic E-state index is 0.390. The fraction of sp³-hybridized carbons (Fsp3) is 0.263. The smallest absolute Gasteiger partial charge is 0.418 e. The highest BCUT2D eigenvalue weighted by atomic mass is 16.6. The predicted molar refractivity (Wildman–Crippen MR) is 92.4 cm³/mol. The van der Waals surface area contributed by atoms with Gasteiger partial charge < -0.3 is 9.47 Å². The molecule has 0 bridgehead atoms. The van der Waals surface area contributed by atoms with Gasteiger partial charge in [0.1, 0.15) is 5.60 Å². The van der Waals surface area contributed by atoms with Crippen LogP contribution in [-0.2, 0) is 9.47 Å². The quantitative estimate of drug-likeness (QED) is 0.624. The van der Waals surface area contributed by atoms with Gasteiger partial charge in [0, 0.05) is 10.8 Å². The van der Waals surface area contributed by atoms with E-state index in [2.05, 4.69) is 0 Å². The normalized spacial score (nSPS) is 11.7. The lowest BCUT2D eigenvalue weighted by Gasteiger charge is -2.19. The number of ether oxygens (including phenoxy) is 2. The van der Waals surface area contributed by atoms with Crippen molar-refractivity contribution in [1.82, 2.24) is 4.57 Å². The first-order valence-corrected chi connectivity index (χ1v) is 7.67. The van der Waals surface area contributed by atoms with E-state index in [0.29, 0.717) is 11.1 Å². The second-order valence-electron chi connectivity index (χ2n) is 6.56. The number of para-hydroxylation sites is 1. The highest BCUT2D eigenvalue weighted by molar-refractivity contribution is 6.13. The monoisotopic (exact) mass is 325 g/mol. The van der Waals surface area contributed by atoms with E-state index in [1.165, 1.54) is 11.7 Å². The Hall–Kier alpha value is -2.82. The third kappa shape index (κ3) is 2.73. The SMILES string of the molecule is COC(=O)n1c2ccccc2c2cc(C(=O)OC(C)(C)C)ccc21. The Bertz CT molecular complexity index is 947. The molecule has 1 heterocycles. The Morgan fingerprint density at radius 3 is 2.29 bits per heavy atom. The number of rotatable bonds is 1. The van der Waals surface area contributed by atoms with Crippen molar-refractivity contribution in [3.63, 3.8) is 0 Å². The van der Waals surface area contributed by atoms with Crippen LogP contribution in [0.15, 0.2) is 42.5 Å². The van der Waals surface area contributed by atoms with Gasteiger partial charge in [-0.1, -0.05) is 18.2 Å². The lowest BCUT2D eigenvalue weighted by molar-refractivity contribution is 0.00697. The van der Waals surface area contributed by atoms with Crippen molar-refractivity contribution in [1.29, 1.82) is 0 Å². The number of esters is 1. The molecule has 0 aliphatic heterocycles. The molecule has 0 amide bonds. The second kappa shape index (κ2) is 5.67. The van der Waals surface area contributed by atoms with E-state index in [-0.39, 0.29) is 5.97 Å². The molecule has 0 radical (unpaired) electrons. The zero-order valence-electron chi connectivity index (χ0n) is 14.1. The van der Waals surface area contributed by atoms with Gasteiger partial charge in [-0.2, -0.15) is 0 Å². The summed E-state index contributed by atoms with van der Waals surface area (Å²) in [6.45, 7) is 5.48. The molecule has 0 spiro atoms.